The zero-order valence-corrected chi connectivity index (χ0v) is 10.2. The minimum atomic E-state index is -0.872. The van der Waals surface area contributed by atoms with E-state index in [1.807, 2.05) is 6.92 Å². The monoisotopic (exact) mass is 244 g/mol. The number of aromatic nitrogens is 2. The largest absolute Gasteiger partial charge is 0.396 e. The summed E-state index contributed by atoms with van der Waals surface area (Å²) >= 11 is 0. The van der Waals surface area contributed by atoms with E-state index in [4.69, 9.17) is 5.73 Å². The molecule has 0 aromatic carbocycles. The van der Waals surface area contributed by atoms with E-state index in [-0.39, 0.29) is 11.6 Å². The Labute approximate surface area is 96.7 Å². The summed E-state index contributed by atoms with van der Waals surface area (Å²) in [6.07, 6.45) is 1.57. The first-order chi connectivity index (χ1) is 7.54. The van der Waals surface area contributed by atoms with Gasteiger partial charge in [-0.2, -0.15) is 5.10 Å². The van der Waals surface area contributed by atoms with Crippen LogP contribution in [0, 0.1) is 0 Å². The number of amides is 1. The summed E-state index contributed by atoms with van der Waals surface area (Å²) in [5, 5.41) is 6.56. The van der Waals surface area contributed by atoms with Crippen molar-refractivity contribution in [2.75, 3.05) is 23.8 Å². The second-order valence-electron chi connectivity index (χ2n) is 3.30. The Bertz CT molecular complexity index is 402. The molecule has 3 N–H and O–H groups in total. The van der Waals surface area contributed by atoms with Gasteiger partial charge in [0.1, 0.15) is 0 Å². The highest BCUT2D eigenvalue weighted by Gasteiger charge is 2.13. The minimum absolute atomic E-state index is 0.213. The zero-order chi connectivity index (χ0) is 12.1. The SMILES string of the molecule is CCS(=O)CCNC(=O)c1nn(C)cc1N. The first-order valence-corrected chi connectivity index (χ1v) is 6.45. The van der Waals surface area contributed by atoms with Crippen LogP contribution < -0.4 is 11.1 Å². The quantitative estimate of drug-likeness (QED) is 0.730. The van der Waals surface area contributed by atoms with Crippen molar-refractivity contribution in [3.8, 4) is 0 Å². The van der Waals surface area contributed by atoms with E-state index in [1.165, 1.54) is 4.68 Å². The van der Waals surface area contributed by atoms with Gasteiger partial charge in [-0.1, -0.05) is 6.92 Å². The number of nitrogen functional groups attached to an aromatic ring is 1. The van der Waals surface area contributed by atoms with Crippen molar-refractivity contribution in [1.29, 1.82) is 0 Å². The summed E-state index contributed by atoms with van der Waals surface area (Å²) < 4.78 is 12.6. The molecule has 0 fully saturated rings. The minimum Gasteiger partial charge on any atom is -0.396 e. The molecule has 0 spiro atoms. The van der Waals surface area contributed by atoms with Crippen molar-refractivity contribution in [1.82, 2.24) is 15.1 Å². The number of hydrogen-bond acceptors (Lipinski definition) is 4. The van der Waals surface area contributed by atoms with Crippen molar-refractivity contribution in [2.45, 2.75) is 6.92 Å². The summed E-state index contributed by atoms with van der Waals surface area (Å²) in [5.74, 6) is 0.725. The molecule has 16 heavy (non-hydrogen) atoms. The summed E-state index contributed by atoms with van der Waals surface area (Å²) in [5.41, 5.74) is 6.15. The molecule has 0 aliphatic heterocycles. The Kier molecular flexibility index (Phi) is 4.48. The lowest BCUT2D eigenvalue weighted by atomic mass is 10.3. The van der Waals surface area contributed by atoms with Crippen molar-refractivity contribution in [3.05, 3.63) is 11.9 Å². The average molecular weight is 244 g/mol. The molecule has 7 heteroatoms. The van der Waals surface area contributed by atoms with Crippen molar-refractivity contribution >= 4 is 22.4 Å². The highest BCUT2D eigenvalue weighted by molar-refractivity contribution is 7.84. The molecule has 90 valence electrons. The van der Waals surface area contributed by atoms with Gasteiger partial charge >= 0.3 is 0 Å². The second-order valence-corrected chi connectivity index (χ2v) is 5.16. The molecule has 0 aliphatic rings. The molecular weight excluding hydrogens is 228 g/mol. The Morgan fingerprint density at radius 3 is 2.88 bits per heavy atom. The highest BCUT2D eigenvalue weighted by atomic mass is 32.2. The van der Waals surface area contributed by atoms with Crippen LogP contribution >= 0.6 is 0 Å². The summed E-state index contributed by atoms with van der Waals surface area (Å²) in [4.78, 5) is 11.6. The zero-order valence-electron chi connectivity index (χ0n) is 9.40. The van der Waals surface area contributed by atoms with Crippen molar-refractivity contribution in [2.24, 2.45) is 7.05 Å². The van der Waals surface area contributed by atoms with E-state index in [1.54, 1.807) is 13.2 Å². The molecule has 0 bridgehead atoms. The maximum Gasteiger partial charge on any atom is 0.273 e. The Hall–Kier alpha value is -1.37. The maximum absolute atomic E-state index is 11.6. The molecule has 1 rings (SSSR count). The molecule has 1 aromatic heterocycles. The molecule has 0 radical (unpaired) electrons. The number of carbonyl (C=O) groups excluding carboxylic acids is 1. The van der Waals surface area contributed by atoms with Gasteiger partial charge in [0, 0.05) is 42.1 Å². The van der Waals surface area contributed by atoms with Gasteiger partial charge in [-0.3, -0.25) is 13.7 Å². The molecule has 0 saturated heterocycles. The number of carbonyl (C=O) groups is 1. The fourth-order valence-corrected chi connectivity index (χ4v) is 1.81. The molecular formula is C9H16N4O2S. The van der Waals surface area contributed by atoms with Gasteiger partial charge in [0.05, 0.1) is 5.69 Å². The van der Waals surface area contributed by atoms with Crippen LogP contribution in [-0.4, -0.2) is 37.9 Å². The summed E-state index contributed by atoms with van der Waals surface area (Å²) in [6.45, 7) is 2.21. The van der Waals surface area contributed by atoms with Crippen molar-refractivity contribution < 1.29 is 9.00 Å². The van der Waals surface area contributed by atoms with E-state index < -0.39 is 10.8 Å². The van der Waals surface area contributed by atoms with Gasteiger partial charge in [0.25, 0.3) is 5.91 Å². The normalized spacial score (nSPS) is 12.4. The fourth-order valence-electron chi connectivity index (χ4n) is 1.19. The number of hydrogen-bond donors (Lipinski definition) is 2. The first kappa shape index (κ1) is 12.7. The smallest absolute Gasteiger partial charge is 0.273 e. The topological polar surface area (TPSA) is 90.0 Å². The van der Waals surface area contributed by atoms with Gasteiger partial charge in [0.2, 0.25) is 0 Å². The van der Waals surface area contributed by atoms with Gasteiger partial charge in [-0.05, 0) is 0 Å². The predicted molar refractivity (Wildman–Crippen MR) is 63.5 cm³/mol. The molecule has 1 unspecified atom stereocenters. The third-order valence-electron chi connectivity index (χ3n) is 2.01. The first-order valence-electron chi connectivity index (χ1n) is 4.97. The number of nitrogens with zero attached hydrogens (tertiary/aromatic N) is 2. The average Bonchev–Trinajstić information content (AvgIpc) is 2.57. The van der Waals surface area contributed by atoms with E-state index in [9.17, 15) is 9.00 Å². The van der Waals surface area contributed by atoms with Crippen LogP contribution in [0.5, 0.6) is 0 Å². The number of nitrogens with two attached hydrogens (primary N) is 1. The number of aryl methyl sites for hydroxylation is 1. The molecule has 0 saturated carbocycles. The van der Waals surface area contributed by atoms with Crippen LogP contribution in [0.3, 0.4) is 0 Å². The number of nitrogens with one attached hydrogen (secondary N) is 1. The fraction of sp³-hybridized carbons (Fsp3) is 0.556. The lowest BCUT2D eigenvalue weighted by Crippen LogP contribution is -2.29. The molecule has 6 nitrogen and oxygen atoms in total. The van der Waals surface area contributed by atoms with Crippen LogP contribution in [0.25, 0.3) is 0 Å². The van der Waals surface area contributed by atoms with Gasteiger partial charge in [-0.25, -0.2) is 0 Å². The van der Waals surface area contributed by atoms with Gasteiger partial charge in [0.15, 0.2) is 5.69 Å². The lowest BCUT2D eigenvalue weighted by Gasteiger charge is -2.02. The summed E-state index contributed by atoms with van der Waals surface area (Å²) in [6, 6.07) is 0. The standard InChI is InChI=1S/C9H16N4O2S/c1-3-16(15)5-4-11-9(14)8-7(10)6-13(2)12-8/h6H,3-5,10H2,1-2H3,(H,11,14). The van der Waals surface area contributed by atoms with Crippen LogP contribution in [0.1, 0.15) is 17.4 Å². The molecule has 1 atom stereocenters. The number of anilines is 1. The van der Waals surface area contributed by atoms with E-state index >= 15 is 0 Å². The Morgan fingerprint density at radius 2 is 2.38 bits per heavy atom. The lowest BCUT2D eigenvalue weighted by molar-refractivity contribution is 0.0951. The van der Waals surface area contributed by atoms with Gasteiger partial charge < -0.3 is 11.1 Å². The second kappa shape index (κ2) is 5.64. The molecule has 1 aromatic rings. The van der Waals surface area contributed by atoms with Crippen LogP contribution in [0.4, 0.5) is 5.69 Å². The van der Waals surface area contributed by atoms with Crippen molar-refractivity contribution in [3.63, 3.8) is 0 Å². The summed E-state index contributed by atoms with van der Waals surface area (Å²) in [7, 11) is 0.822. The van der Waals surface area contributed by atoms with Crippen LogP contribution in [0.15, 0.2) is 6.20 Å². The molecule has 1 amide bonds. The van der Waals surface area contributed by atoms with Gasteiger partial charge in [-0.15, -0.1) is 0 Å². The van der Waals surface area contributed by atoms with E-state index in [0.717, 1.165) is 0 Å². The molecule has 0 aliphatic carbocycles. The van der Waals surface area contributed by atoms with E-state index in [2.05, 4.69) is 10.4 Å². The van der Waals surface area contributed by atoms with Crippen LogP contribution in [-0.2, 0) is 17.8 Å². The predicted octanol–water partition coefficient (Wildman–Crippen LogP) is -0.499. The number of rotatable bonds is 5. The van der Waals surface area contributed by atoms with Crippen LogP contribution in [0.2, 0.25) is 0 Å². The van der Waals surface area contributed by atoms with E-state index in [0.29, 0.717) is 23.7 Å². The third-order valence-corrected chi connectivity index (χ3v) is 3.31. The Balaban J connectivity index is 2.47. The maximum atomic E-state index is 11.6. The third kappa shape index (κ3) is 3.34. The highest BCUT2D eigenvalue weighted by Crippen LogP contribution is 2.06. The Morgan fingerprint density at radius 1 is 1.69 bits per heavy atom. The molecule has 1 heterocycles.